The van der Waals surface area contributed by atoms with Gasteiger partial charge in [-0.05, 0) is 24.3 Å². The van der Waals surface area contributed by atoms with Gasteiger partial charge in [-0.15, -0.1) is 0 Å². The van der Waals surface area contributed by atoms with E-state index in [2.05, 4.69) is 22.0 Å². The summed E-state index contributed by atoms with van der Waals surface area (Å²) in [7, 11) is 1.67. The van der Waals surface area contributed by atoms with Crippen molar-refractivity contribution in [2.24, 2.45) is 0 Å². The number of rotatable bonds is 5. The molecule has 1 aliphatic rings. The molecule has 4 heteroatoms. The van der Waals surface area contributed by atoms with E-state index >= 15 is 0 Å². The third kappa shape index (κ3) is 3.00. The Balaban J connectivity index is 1.71. The number of halogens is 1. The zero-order valence-corrected chi connectivity index (χ0v) is 13.4. The standard InChI is InChI=1S/C17H17BrO3/c1-19-14-6-7-16(12(8-14)9-18)20-10-13-11-21-17-5-3-2-4-15(13)17/h2-8,13H,9-11H2,1H3. The Morgan fingerprint density at radius 3 is 2.90 bits per heavy atom. The van der Waals surface area contributed by atoms with Crippen LogP contribution in [0.2, 0.25) is 0 Å². The molecule has 3 nitrogen and oxygen atoms in total. The van der Waals surface area contributed by atoms with Gasteiger partial charge in [-0.2, -0.15) is 0 Å². The monoisotopic (exact) mass is 348 g/mol. The van der Waals surface area contributed by atoms with E-state index in [4.69, 9.17) is 14.2 Å². The molecule has 0 amide bonds. The fraction of sp³-hybridized carbons (Fsp3) is 0.294. The van der Waals surface area contributed by atoms with E-state index in [1.54, 1.807) is 7.11 Å². The molecule has 0 aliphatic carbocycles. The molecule has 0 spiro atoms. The zero-order valence-electron chi connectivity index (χ0n) is 11.8. The molecule has 0 saturated carbocycles. The first-order valence-electron chi connectivity index (χ1n) is 6.89. The lowest BCUT2D eigenvalue weighted by Gasteiger charge is -2.14. The van der Waals surface area contributed by atoms with Gasteiger partial charge in [0.25, 0.3) is 0 Å². The minimum absolute atomic E-state index is 0.284. The average molecular weight is 349 g/mol. The molecule has 1 aliphatic heterocycles. The summed E-state index contributed by atoms with van der Waals surface area (Å²) in [6.45, 7) is 1.29. The molecule has 0 aromatic heterocycles. The van der Waals surface area contributed by atoms with Gasteiger partial charge in [0.15, 0.2) is 0 Å². The highest BCUT2D eigenvalue weighted by Gasteiger charge is 2.24. The molecule has 0 bridgehead atoms. The zero-order chi connectivity index (χ0) is 14.7. The van der Waals surface area contributed by atoms with Crippen LogP contribution in [0.1, 0.15) is 17.0 Å². The SMILES string of the molecule is COc1ccc(OCC2COc3ccccc32)c(CBr)c1. The van der Waals surface area contributed by atoms with Crippen molar-refractivity contribution in [3.8, 4) is 17.2 Å². The van der Waals surface area contributed by atoms with Crippen molar-refractivity contribution >= 4 is 15.9 Å². The van der Waals surface area contributed by atoms with Gasteiger partial charge in [0.05, 0.1) is 26.2 Å². The van der Waals surface area contributed by atoms with E-state index in [0.29, 0.717) is 13.2 Å². The van der Waals surface area contributed by atoms with E-state index in [-0.39, 0.29) is 5.92 Å². The second-order valence-electron chi connectivity index (χ2n) is 4.96. The summed E-state index contributed by atoms with van der Waals surface area (Å²) < 4.78 is 16.9. The van der Waals surface area contributed by atoms with Gasteiger partial charge >= 0.3 is 0 Å². The summed E-state index contributed by atoms with van der Waals surface area (Å²) in [5, 5.41) is 0.733. The van der Waals surface area contributed by atoms with Crippen LogP contribution in [0.15, 0.2) is 42.5 Å². The predicted octanol–water partition coefficient (Wildman–Crippen LogP) is 4.15. The summed E-state index contributed by atoms with van der Waals surface area (Å²) in [5.41, 5.74) is 2.31. The van der Waals surface area contributed by atoms with E-state index in [9.17, 15) is 0 Å². The molecule has 1 heterocycles. The number of para-hydroxylation sites is 1. The third-order valence-corrected chi connectivity index (χ3v) is 4.25. The normalized spacial score (nSPS) is 16.2. The molecule has 0 fully saturated rings. The van der Waals surface area contributed by atoms with Crippen LogP contribution in [0.5, 0.6) is 17.2 Å². The van der Waals surface area contributed by atoms with Gasteiger partial charge in [-0.3, -0.25) is 0 Å². The van der Waals surface area contributed by atoms with Gasteiger partial charge in [0.2, 0.25) is 0 Å². The minimum Gasteiger partial charge on any atom is -0.497 e. The largest absolute Gasteiger partial charge is 0.497 e. The highest BCUT2D eigenvalue weighted by molar-refractivity contribution is 9.08. The molecule has 21 heavy (non-hydrogen) atoms. The summed E-state index contributed by atoms with van der Waals surface area (Å²) in [4.78, 5) is 0. The van der Waals surface area contributed by atoms with Crippen molar-refractivity contribution in [1.82, 2.24) is 0 Å². The molecular formula is C17H17BrO3. The van der Waals surface area contributed by atoms with Crippen LogP contribution in [0.4, 0.5) is 0 Å². The van der Waals surface area contributed by atoms with Crippen LogP contribution in [0, 0.1) is 0 Å². The highest BCUT2D eigenvalue weighted by Crippen LogP contribution is 2.34. The van der Waals surface area contributed by atoms with Crippen molar-refractivity contribution in [3.05, 3.63) is 53.6 Å². The van der Waals surface area contributed by atoms with Gasteiger partial charge in [0, 0.05) is 16.5 Å². The van der Waals surface area contributed by atoms with Crippen LogP contribution in [-0.4, -0.2) is 20.3 Å². The van der Waals surface area contributed by atoms with Gasteiger partial charge < -0.3 is 14.2 Å². The first-order chi connectivity index (χ1) is 10.3. The fourth-order valence-corrected chi connectivity index (χ4v) is 2.92. The van der Waals surface area contributed by atoms with Gasteiger partial charge in [0.1, 0.15) is 17.2 Å². The topological polar surface area (TPSA) is 27.7 Å². The van der Waals surface area contributed by atoms with Gasteiger partial charge in [-0.25, -0.2) is 0 Å². The lowest BCUT2D eigenvalue weighted by molar-refractivity contribution is 0.247. The molecule has 0 radical (unpaired) electrons. The number of ether oxygens (including phenoxy) is 3. The Kier molecular flexibility index (Phi) is 4.34. The number of fused-ring (bicyclic) bond motifs is 1. The minimum atomic E-state index is 0.284. The van der Waals surface area contributed by atoms with Crippen molar-refractivity contribution < 1.29 is 14.2 Å². The number of alkyl halides is 1. The maximum Gasteiger partial charge on any atom is 0.123 e. The molecule has 0 N–H and O–H groups in total. The van der Waals surface area contributed by atoms with Crippen LogP contribution >= 0.6 is 15.9 Å². The molecule has 3 rings (SSSR count). The summed E-state index contributed by atoms with van der Waals surface area (Å²) in [6.07, 6.45) is 0. The Labute approximate surface area is 133 Å². The molecule has 2 aromatic carbocycles. The third-order valence-electron chi connectivity index (χ3n) is 3.65. The Morgan fingerprint density at radius 2 is 2.10 bits per heavy atom. The van der Waals surface area contributed by atoms with E-state index in [0.717, 1.165) is 28.1 Å². The van der Waals surface area contributed by atoms with E-state index in [1.807, 2.05) is 36.4 Å². The number of hydrogen-bond donors (Lipinski definition) is 0. The Hall–Kier alpha value is -1.68. The van der Waals surface area contributed by atoms with Crippen molar-refractivity contribution in [1.29, 1.82) is 0 Å². The lowest BCUT2D eigenvalue weighted by atomic mass is 10.0. The van der Waals surface area contributed by atoms with Crippen molar-refractivity contribution in [3.63, 3.8) is 0 Å². The number of methoxy groups -OCH3 is 1. The second-order valence-corrected chi connectivity index (χ2v) is 5.52. The van der Waals surface area contributed by atoms with Crippen LogP contribution in [0.25, 0.3) is 0 Å². The quantitative estimate of drug-likeness (QED) is 0.759. The maximum atomic E-state index is 6.00. The fourth-order valence-electron chi connectivity index (χ4n) is 2.49. The van der Waals surface area contributed by atoms with Crippen molar-refractivity contribution in [2.45, 2.75) is 11.2 Å². The summed E-state index contributed by atoms with van der Waals surface area (Å²) in [5.74, 6) is 2.98. The molecule has 110 valence electrons. The molecule has 0 saturated heterocycles. The molecule has 1 unspecified atom stereocenters. The highest BCUT2D eigenvalue weighted by atomic mass is 79.9. The first kappa shape index (κ1) is 14.3. The molecular weight excluding hydrogens is 332 g/mol. The maximum absolute atomic E-state index is 6.00. The number of benzene rings is 2. The Morgan fingerprint density at radius 1 is 1.24 bits per heavy atom. The van der Waals surface area contributed by atoms with E-state index < -0.39 is 0 Å². The molecule has 1 atom stereocenters. The number of hydrogen-bond acceptors (Lipinski definition) is 3. The van der Waals surface area contributed by atoms with Gasteiger partial charge in [-0.1, -0.05) is 34.1 Å². The summed E-state index contributed by atoms with van der Waals surface area (Å²) in [6, 6.07) is 14.0. The van der Waals surface area contributed by atoms with Crippen molar-refractivity contribution in [2.75, 3.05) is 20.3 Å². The summed E-state index contributed by atoms with van der Waals surface area (Å²) >= 11 is 3.49. The van der Waals surface area contributed by atoms with Crippen LogP contribution in [0.3, 0.4) is 0 Å². The first-order valence-corrected chi connectivity index (χ1v) is 8.01. The molecule has 2 aromatic rings. The second kappa shape index (κ2) is 6.39. The Bertz CT molecular complexity index is 627. The van der Waals surface area contributed by atoms with E-state index in [1.165, 1.54) is 5.56 Å². The average Bonchev–Trinajstić information content (AvgIpc) is 2.96. The lowest BCUT2D eigenvalue weighted by Crippen LogP contribution is -2.12. The smallest absolute Gasteiger partial charge is 0.123 e. The predicted molar refractivity (Wildman–Crippen MR) is 85.8 cm³/mol. The van der Waals surface area contributed by atoms with Crippen LogP contribution < -0.4 is 14.2 Å². The van der Waals surface area contributed by atoms with Crippen LogP contribution in [-0.2, 0) is 5.33 Å².